The van der Waals surface area contributed by atoms with Gasteiger partial charge in [-0.15, -0.1) is 0 Å². The normalized spacial score (nSPS) is 22.6. The molecule has 54 heavy (non-hydrogen) atoms. The number of hydrogen-bond donors (Lipinski definition) is 0. The average molecular weight is 765 g/mol. The van der Waals surface area contributed by atoms with Crippen LogP contribution in [0.4, 0.5) is 0 Å². The van der Waals surface area contributed by atoms with Gasteiger partial charge in [0.05, 0.1) is 27.9 Å². The van der Waals surface area contributed by atoms with E-state index in [9.17, 15) is 9.59 Å². The number of carbonyl (C=O) groups excluding carboxylic acids is 2. The van der Waals surface area contributed by atoms with Crippen molar-refractivity contribution in [3.8, 4) is 0 Å². The molecule has 0 bridgehead atoms. The second kappa shape index (κ2) is 21.9. The summed E-state index contributed by atoms with van der Waals surface area (Å²) < 4.78 is 23.4. The molecule has 0 aromatic heterocycles. The van der Waals surface area contributed by atoms with Gasteiger partial charge in [-0.2, -0.15) is 0 Å². The minimum absolute atomic E-state index is 0.209. The van der Waals surface area contributed by atoms with Crippen LogP contribution in [-0.2, 0) is 41.8 Å². The Hall–Kier alpha value is -2.22. The van der Waals surface area contributed by atoms with Gasteiger partial charge in [-0.25, -0.2) is 9.59 Å². The lowest BCUT2D eigenvalue weighted by atomic mass is 9.68. The molecule has 4 rings (SSSR count). The quantitative estimate of drug-likeness (QED) is 0.0478. The van der Waals surface area contributed by atoms with Crippen LogP contribution in [0.2, 0.25) is 19.1 Å². The second-order valence-electron chi connectivity index (χ2n) is 18.3. The molecule has 2 saturated carbocycles. The monoisotopic (exact) mass is 765 g/mol. The molecule has 0 unspecified atom stereocenters. The van der Waals surface area contributed by atoms with Crippen LogP contribution in [0.25, 0.3) is 0 Å². The Balaban J connectivity index is 1.46. The highest BCUT2D eigenvalue weighted by atomic mass is 28.3. The molecule has 1 aromatic rings. The van der Waals surface area contributed by atoms with Crippen molar-refractivity contribution >= 4 is 25.2 Å². The number of carbonyl (C=O) groups is 2. The molecular formula is C47H76O6Si. The molecule has 304 valence electrons. The fraction of sp³-hybridized carbons (Fsp3) is 0.745. The first-order valence-corrected chi connectivity index (χ1v) is 25.1. The summed E-state index contributed by atoms with van der Waals surface area (Å²) in [6.45, 7) is 24.1. The third kappa shape index (κ3) is 13.2. The van der Waals surface area contributed by atoms with Crippen LogP contribution in [0.1, 0.15) is 159 Å². The van der Waals surface area contributed by atoms with Gasteiger partial charge in [0.25, 0.3) is 0 Å². The summed E-state index contributed by atoms with van der Waals surface area (Å²) >= 11 is 0. The van der Waals surface area contributed by atoms with Crippen molar-refractivity contribution in [2.75, 3.05) is 26.4 Å². The van der Waals surface area contributed by atoms with Gasteiger partial charge in [0.1, 0.15) is 13.2 Å². The minimum atomic E-state index is -2.08. The van der Waals surface area contributed by atoms with Crippen molar-refractivity contribution in [3.63, 3.8) is 0 Å². The Kier molecular flexibility index (Phi) is 18.1. The molecule has 1 aromatic carbocycles. The minimum Gasteiger partial charge on any atom is -0.457 e. The fourth-order valence-corrected chi connectivity index (χ4v) is 13.2. The Labute approximate surface area is 330 Å². The molecule has 0 amide bonds. The third-order valence-electron chi connectivity index (χ3n) is 13.0. The summed E-state index contributed by atoms with van der Waals surface area (Å²) in [6, 6.07) is 5.78. The van der Waals surface area contributed by atoms with E-state index >= 15 is 0 Å². The van der Waals surface area contributed by atoms with E-state index in [-0.39, 0.29) is 30.6 Å². The summed E-state index contributed by atoms with van der Waals surface area (Å²) in [5.74, 6) is 2.41. The Morgan fingerprint density at radius 2 is 1.35 bits per heavy atom. The molecule has 0 atom stereocenters. The zero-order chi connectivity index (χ0) is 39.1. The van der Waals surface area contributed by atoms with Crippen molar-refractivity contribution in [1.82, 2.24) is 0 Å². The van der Waals surface area contributed by atoms with E-state index in [1.165, 1.54) is 94.2 Å². The van der Waals surface area contributed by atoms with Crippen LogP contribution in [0.3, 0.4) is 0 Å². The molecular weight excluding hydrogens is 689 g/mol. The lowest BCUT2D eigenvalue weighted by Crippen LogP contribution is -2.46. The van der Waals surface area contributed by atoms with Crippen LogP contribution in [0.15, 0.2) is 36.4 Å². The predicted molar refractivity (Wildman–Crippen MR) is 225 cm³/mol. The van der Waals surface area contributed by atoms with E-state index < -0.39 is 8.07 Å². The maximum atomic E-state index is 12.7. The van der Waals surface area contributed by atoms with E-state index in [4.69, 9.17) is 18.9 Å². The van der Waals surface area contributed by atoms with Crippen molar-refractivity contribution in [3.05, 3.63) is 53.1 Å². The van der Waals surface area contributed by atoms with Crippen LogP contribution < -0.4 is 5.19 Å². The number of esters is 2. The summed E-state index contributed by atoms with van der Waals surface area (Å²) in [5, 5.41) is 1.27. The van der Waals surface area contributed by atoms with Gasteiger partial charge in [0.15, 0.2) is 0 Å². The first kappa shape index (κ1) is 44.5. The van der Waals surface area contributed by atoms with Gasteiger partial charge >= 0.3 is 11.9 Å². The SMILES string of the molecule is C=C(C)C(=O)OCc1cc(C2CCC(C3CCC(CCCCC)CC3)CC2)cc(COC(=O)C(=C)C)c1[Si](C)(C)CCCCCOCC1(CCC)COC1. The maximum Gasteiger partial charge on any atom is 0.333 e. The first-order chi connectivity index (χ1) is 25.9. The molecule has 7 heteroatoms. The van der Waals surface area contributed by atoms with E-state index in [1.807, 2.05) is 0 Å². The number of unbranched alkanes of at least 4 members (excludes halogenated alkanes) is 4. The van der Waals surface area contributed by atoms with Gasteiger partial charge < -0.3 is 18.9 Å². The fourth-order valence-electron chi connectivity index (χ4n) is 9.80. The van der Waals surface area contributed by atoms with E-state index in [2.05, 4.69) is 52.2 Å². The molecule has 1 heterocycles. The largest absolute Gasteiger partial charge is 0.457 e. The highest BCUT2D eigenvalue weighted by molar-refractivity contribution is 6.90. The second-order valence-corrected chi connectivity index (χ2v) is 23.1. The molecule has 0 N–H and O–H groups in total. The highest BCUT2D eigenvalue weighted by Gasteiger charge is 2.38. The van der Waals surface area contributed by atoms with Gasteiger partial charge in [-0.1, -0.05) is 116 Å². The van der Waals surface area contributed by atoms with Gasteiger partial charge in [0, 0.05) is 23.2 Å². The summed E-state index contributed by atoms with van der Waals surface area (Å²) in [5.41, 5.74) is 4.50. The first-order valence-electron chi connectivity index (χ1n) is 21.8. The zero-order valence-electron chi connectivity index (χ0n) is 35.3. The Bertz CT molecular complexity index is 1310. The van der Waals surface area contributed by atoms with Crippen LogP contribution >= 0.6 is 0 Å². The topological polar surface area (TPSA) is 71.1 Å². The van der Waals surface area contributed by atoms with Crippen LogP contribution in [0.5, 0.6) is 0 Å². The molecule has 0 radical (unpaired) electrons. The average Bonchev–Trinajstić information content (AvgIpc) is 3.14. The van der Waals surface area contributed by atoms with Crippen LogP contribution in [0, 0.1) is 23.2 Å². The van der Waals surface area contributed by atoms with E-state index in [1.54, 1.807) is 13.8 Å². The highest BCUT2D eigenvalue weighted by Crippen LogP contribution is 2.45. The maximum absolute atomic E-state index is 12.7. The lowest BCUT2D eigenvalue weighted by molar-refractivity contribution is -0.152. The Morgan fingerprint density at radius 1 is 0.778 bits per heavy atom. The molecule has 0 spiro atoms. The van der Waals surface area contributed by atoms with Crippen molar-refractivity contribution in [2.24, 2.45) is 23.2 Å². The Morgan fingerprint density at radius 3 is 1.85 bits per heavy atom. The summed E-state index contributed by atoms with van der Waals surface area (Å²) in [6.07, 6.45) is 21.8. The summed E-state index contributed by atoms with van der Waals surface area (Å²) in [4.78, 5) is 25.4. The molecule has 2 aliphatic carbocycles. The smallest absolute Gasteiger partial charge is 0.333 e. The standard InChI is InChI=1S/C47H76O6Si/c1-9-11-13-16-37-17-19-38(20-18-37)39-21-23-40(24-22-39)41-28-42(30-52-45(48)35(3)4)44(43(29-41)31-53-46(49)36(5)6)54(7,8)27-15-12-14-26-50-32-47(25-10-2)33-51-34-47/h28-29,37-40H,3,5,9-27,30-34H2,1-2,4,6-8H3. The number of benzene rings is 1. The zero-order valence-corrected chi connectivity index (χ0v) is 36.3. The van der Waals surface area contributed by atoms with Crippen molar-refractivity contribution in [1.29, 1.82) is 0 Å². The third-order valence-corrected chi connectivity index (χ3v) is 16.6. The molecule has 1 saturated heterocycles. The predicted octanol–water partition coefficient (Wildman–Crippen LogP) is 11.5. The number of hydrogen-bond acceptors (Lipinski definition) is 6. The lowest BCUT2D eigenvalue weighted by Gasteiger charge is -2.41. The molecule has 3 aliphatic rings. The molecule has 6 nitrogen and oxygen atoms in total. The molecule has 1 aliphatic heterocycles. The number of ether oxygens (including phenoxy) is 4. The number of rotatable bonds is 23. The summed E-state index contributed by atoms with van der Waals surface area (Å²) in [7, 11) is -2.08. The van der Waals surface area contributed by atoms with Gasteiger partial charge in [-0.05, 0) is 111 Å². The van der Waals surface area contributed by atoms with Gasteiger partial charge in [0.2, 0.25) is 0 Å². The van der Waals surface area contributed by atoms with Crippen LogP contribution in [-0.4, -0.2) is 46.4 Å². The van der Waals surface area contributed by atoms with Gasteiger partial charge in [-0.3, -0.25) is 0 Å². The van der Waals surface area contributed by atoms with Crippen molar-refractivity contribution < 1.29 is 28.5 Å². The molecule has 3 fully saturated rings. The van der Waals surface area contributed by atoms with E-state index in [0.717, 1.165) is 87.0 Å². The van der Waals surface area contributed by atoms with E-state index in [0.29, 0.717) is 17.1 Å². The van der Waals surface area contributed by atoms with Crippen molar-refractivity contribution in [2.45, 2.75) is 175 Å².